The zero-order valence-corrected chi connectivity index (χ0v) is 18.4. The lowest BCUT2D eigenvalue weighted by atomic mass is 9.88. The number of hydrogen-bond donors (Lipinski definition) is 2. The molecule has 0 fully saturated rings. The maximum Gasteiger partial charge on any atom is 0.416 e. The van der Waals surface area contributed by atoms with Gasteiger partial charge in [0.2, 0.25) is 5.91 Å². The van der Waals surface area contributed by atoms with E-state index in [2.05, 4.69) is 10.3 Å². The van der Waals surface area contributed by atoms with E-state index in [-0.39, 0.29) is 17.4 Å². The molecule has 0 saturated heterocycles. The van der Waals surface area contributed by atoms with Crippen molar-refractivity contribution < 1.29 is 27.8 Å². The third-order valence-corrected chi connectivity index (χ3v) is 6.33. The average Bonchev–Trinajstić information content (AvgIpc) is 2.70. The fourth-order valence-corrected chi connectivity index (χ4v) is 4.82. The number of nitrogens with zero attached hydrogens (tertiary/aromatic N) is 1. The van der Waals surface area contributed by atoms with Crippen molar-refractivity contribution in [3.8, 4) is 5.75 Å². The second-order valence-corrected chi connectivity index (χ2v) is 9.32. The molecule has 2 aromatic rings. The molecule has 0 radical (unpaired) electrons. The van der Waals surface area contributed by atoms with E-state index < -0.39 is 23.6 Å². The number of halogens is 3. The van der Waals surface area contributed by atoms with Crippen LogP contribution in [0.4, 0.5) is 18.9 Å². The van der Waals surface area contributed by atoms with Crippen LogP contribution in [0.5, 0.6) is 5.75 Å². The number of aliphatic hydroxyl groups is 1. The van der Waals surface area contributed by atoms with Gasteiger partial charge in [-0.3, -0.25) is 4.79 Å². The molecule has 32 heavy (non-hydrogen) atoms. The second kappa shape index (κ2) is 8.44. The number of nitrogens with one attached hydrogen (secondary N) is 1. The van der Waals surface area contributed by atoms with Gasteiger partial charge in [0.15, 0.2) is 5.72 Å². The molecule has 0 aromatic heterocycles. The molecule has 2 aromatic carbocycles. The van der Waals surface area contributed by atoms with Crippen molar-refractivity contribution in [2.75, 3.05) is 11.1 Å². The van der Waals surface area contributed by atoms with Crippen molar-refractivity contribution in [3.05, 3.63) is 58.7 Å². The molecule has 0 spiro atoms. The van der Waals surface area contributed by atoms with Gasteiger partial charge in [-0.1, -0.05) is 23.9 Å². The van der Waals surface area contributed by atoms with Gasteiger partial charge in [0, 0.05) is 17.7 Å². The van der Waals surface area contributed by atoms with Gasteiger partial charge in [-0.25, -0.2) is 4.99 Å². The van der Waals surface area contributed by atoms with Gasteiger partial charge in [0.25, 0.3) is 0 Å². The Morgan fingerprint density at radius 2 is 2.09 bits per heavy atom. The Kier molecular flexibility index (Phi) is 5.98. The summed E-state index contributed by atoms with van der Waals surface area (Å²) in [5.41, 5.74) is 1.31. The Balaban J connectivity index is 1.49. The first-order valence-corrected chi connectivity index (χ1v) is 11.2. The Morgan fingerprint density at radius 3 is 2.84 bits per heavy atom. The highest BCUT2D eigenvalue weighted by Gasteiger charge is 2.35. The molecule has 5 nitrogen and oxygen atoms in total. The lowest BCUT2D eigenvalue weighted by Gasteiger charge is -2.30. The molecular weight excluding hydrogens is 441 g/mol. The summed E-state index contributed by atoms with van der Waals surface area (Å²) in [4.78, 5) is 17.1. The summed E-state index contributed by atoms with van der Waals surface area (Å²) in [7, 11) is 0. The number of carbonyl (C=O) groups is 1. The summed E-state index contributed by atoms with van der Waals surface area (Å²) < 4.78 is 44.9. The van der Waals surface area contributed by atoms with E-state index in [1.165, 1.54) is 6.07 Å². The number of hydrogen-bond acceptors (Lipinski definition) is 5. The summed E-state index contributed by atoms with van der Waals surface area (Å²) in [6, 6.07) is 8.95. The standard InChI is InChI=1S/C23H23F3N2O3S/c1-22(2)28-21(16-9-7-14(23(24,25)26)10-19(16)31-22)32-12-20(30)27-18-5-3-4-13-6-8-15(29)11-17(13)18/h3-5,7,9-10,15,29H,6,8,11-12H2,1-2H3,(H,27,30). The first kappa shape index (κ1) is 22.7. The highest BCUT2D eigenvalue weighted by molar-refractivity contribution is 8.15. The van der Waals surface area contributed by atoms with E-state index >= 15 is 0 Å². The molecule has 1 aliphatic heterocycles. The number of thioether (sulfide) groups is 1. The van der Waals surface area contributed by atoms with Crippen LogP contribution in [0.25, 0.3) is 0 Å². The predicted molar refractivity (Wildman–Crippen MR) is 118 cm³/mol. The van der Waals surface area contributed by atoms with Gasteiger partial charge in [0.1, 0.15) is 10.8 Å². The number of fused-ring (bicyclic) bond motifs is 2. The summed E-state index contributed by atoms with van der Waals surface area (Å²) in [6.45, 7) is 3.30. The summed E-state index contributed by atoms with van der Waals surface area (Å²) in [5.74, 6) is -0.139. The van der Waals surface area contributed by atoms with Crippen LogP contribution in [0.1, 0.15) is 42.5 Å². The number of ether oxygens (including phenoxy) is 1. The van der Waals surface area contributed by atoms with Crippen LogP contribution in [-0.2, 0) is 23.8 Å². The normalized spacial score (nSPS) is 19.3. The maximum absolute atomic E-state index is 13.1. The Morgan fingerprint density at radius 1 is 1.31 bits per heavy atom. The van der Waals surface area contributed by atoms with E-state index in [0.717, 1.165) is 41.4 Å². The van der Waals surface area contributed by atoms with Gasteiger partial charge >= 0.3 is 6.18 Å². The molecule has 1 amide bonds. The third kappa shape index (κ3) is 4.94. The number of aliphatic imine (C=N–C) groups is 1. The van der Waals surface area contributed by atoms with Gasteiger partial charge in [-0.15, -0.1) is 0 Å². The fraction of sp³-hybridized carbons (Fsp3) is 0.391. The van der Waals surface area contributed by atoms with Crippen LogP contribution < -0.4 is 10.1 Å². The Hall–Kier alpha value is -2.52. The van der Waals surface area contributed by atoms with Crippen LogP contribution in [0.2, 0.25) is 0 Å². The largest absolute Gasteiger partial charge is 0.466 e. The van der Waals surface area contributed by atoms with E-state index in [9.17, 15) is 23.1 Å². The van der Waals surface area contributed by atoms with E-state index in [1.807, 2.05) is 18.2 Å². The zero-order valence-electron chi connectivity index (χ0n) is 17.6. The molecule has 0 bridgehead atoms. The lowest BCUT2D eigenvalue weighted by Crippen LogP contribution is -2.32. The molecule has 4 rings (SSSR count). The van der Waals surface area contributed by atoms with Crippen molar-refractivity contribution in [1.29, 1.82) is 0 Å². The monoisotopic (exact) mass is 464 g/mol. The van der Waals surface area contributed by atoms with Crippen molar-refractivity contribution in [2.45, 2.75) is 51.1 Å². The first-order valence-electron chi connectivity index (χ1n) is 10.2. The quantitative estimate of drug-likeness (QED) is 0.685. The van der Waals surface area contributed by atoms with E-state index in [1.54, 1.807) is 13.8 Å². The molecular formula is C23H23F3N2O3S. The maximum atomic E-state index is 13.1. The second-order valence-electron chi connectivity index (χ2n) is 8.35. The molecule has 9 heteroatoms. The van der Waals surface area contributed by atoms with Crippen molar-refractivity contribution in [3.63, 3.8) is 0 Å². The van der Waals surface area contributed by atoms with Crippen molar-refractivity contribution >= 4 is 28.4 Å². The minimum absolute atomic E-state index is 0.0294. The molecule has 1 atom stereocenters. The molecule has 2 aliphatic rings. The van der Waals surface area contributed by atoms with Gasteiger partial charge in [-0.05, 0) is 62.1 Å². The third-order valence-electron chi connectivity index (χ3n) is 5.34. The SMILES string of the molecule is CC1(C)N=C(SCC(=O)Nc2cccc3c2CC(O)CC3)c2ccc(C(F)(F)F)cc2O1. The number of aliphatic hydroxyl groups excluding tert-OH is 1. The van der Waals surface area contributed by atoms with Crippen LogP contribution >= 0.6 is 11.8 Å². The van der Waals surface area contributed by atoms with Crippen LogP contribution in [0.15, 0.2) is 41.4 Å². The van der Waals surface area contributed by atoms with Crippen molar-refractivity contribution in [1.82, 2.24) is 0 Å². The predicted octanol–water partition coefficient (Wildman–Crippen LogP) is 4.80. The Labute approximate surface area is 188 Å². The Bertz CT molecular complexity index is 1080. The number of alkyl halides is 3. The van der Waals surface area contributed by atoms with E-state index in [4.69, 9.17) is 4.74 Å². The average molecular weight is 465 g/mol. The number of aryl methyl sites for hydroxylation is 1. The van der Waals surface area contributed by atoms with Crippen molar-refractivity contribution in [2.24, 2.45) is 4.99 Å². The number of carbonyl (C=O) groups excluding carboxylic acids is 1. The highest BCUT2D eigenvalue weighted by atomic mass is 32.2. The van der Waals surface area contributed by atoms with Crippen LogP contribution in [-0.4, -0.2) is 33.6 Å². The topological polar surface area (TPSA) is 70.9 Å². The molecule has 1 heterocycles. The van der Waals surface area contributed by atoms with E-state index in [0.29, 0.717) is 29.1 Å². The summed E-state index contributed by atoms with van der Waals surface area (Å²) in [6.07, 6.45) is -2.95. The number of amides is 1. The smallest absolute Gasteiger partial charge is 0.416 e. The highest BCUT2D eigenvalue weighted by Crippen LogP contribution is 2.39. The minimum Gasteiger partial charge on any atom is -0.466 e. The molecule has 2 N–H and O–H groups in total. The van der Waals surface area contributed by atoms with Gasteiger partial charge in [-0.2, -0.15) is 13.2 Å². The lowest BCUT2D eigenvalue weighted by molar-refractivity contribution is -0.137. The molecule has 170 valence electrons. The van der Waals surface area contributed by atoms with Crippen LogP contribution in [0, 0.1) is 0 Å². The first-order chi connectivity index (χ1) is 15.0. The number of anilines is 1. The molecule has 1 aliphatic carbocycles. The van der Waals surface area contributed by atoms with Gasteiger partial charge in [0.05, 0.1) is 17.4 Å². The number of benzene rings is 2. The summed E-state index contributed by atoms with van der Waals surface area (Å²) >= 11 is 1.15. The molecule has 1 unspecified atom stereocenters. The fourth-order valence-electron chi connectivity index (χ4n) is 3.87. The summed E-state index contributed by atoms with van der Waals surface area (Å²) in [5, 5.41) is 13.3. The number of rotatable bonds is 3. The zero-order chi connectivity index (χ0) is 23.1. The van der Waals surface area contributed by atoms with Crippen LogP contribution in [0.3, 0.4) is 0 Å². The minimum atomic E-state index is -4.48. The molecule has 0 saturated carbocycles. The van der Waals surface area contributed by atoms with Gasteiger partial charge < -0.3 is 15.2 Å².